The number of hydrogen-bond acceptors (Lipinski definition) is 4. The highest BCUT2D eigenvalue weighted by atomic mass is 16.5. The van der Waals surface area contributed by atoms with Crippen LogP contribution < -0.4 is 0 Å². The molecule has 1 aliphatic carbocycles. The van der Waals surface area contributed by atoms with Gasteiger partial charge >= 0.3 is 0 Å². The molecule has 5 heteroatoms. The summed E-state index contributed by atoms with van der Waals surface area (Å²) in [4.78, 5) is 17.5. The molecule has 0 spiro atoms. The third-order valence-corrected chi connectivity index (χ3v) is 6.24. The van der Waals surface area contributed by atoms with Crippen LogP contribution in [0.1, 0.15) is 68.9 Å². The van der Waals surface area contributed by atoms with Crippen molar-refractivity contribution in [1.29, 1.82) is 0 Å². The fourth-order valence-corrected chi connectivity index (χ4v) is 5.08. The number of fused-ring (bicyclic) bond motifs is 1. The van der Waals surface area contributed by atoms with Crippen molar-refractivity contribution < 1.29 is 9.32 Å². The third kappa shape index (κ3) is 3.10. The maximum Gasteiger partial charge on any atom is 0.237 e. The van der Waals surface area contributed by atoms with E-state index in [1.807, 2.05) is 13.0 Å². The molecular weight excluding hydrogens is 302 g/mol. The number of aryl methyl sites for hydroxylation is 1. The summed E-state index contributed by atoms with van der Waals surface area (Å²) in [5, 5.41) is 4.02. The van der Waals surface area contributed by atoms with Crippen molar-refractivity contribution in [3.63, 3.8) is 0 Å². The van der Waals surface area contributed by atoms with Gasteiger partial charge in [-0.05, 0) is 57.9 Å². The normalized spacial score (nSPS) is 31.2. The van der Waals surface area contributed by atoms with E-state index in [2.05, 4.69) is 15.0 Å². The lowest BCUT2D eigenvalue weighted by atomic mass is 9.78. The summed E-state index contributed by atoms with van der Waals surface area (Å²) in [6.45, 7) is 4.43. The second-order valence-electron chi connectivity index (χ2n) is 7.84. The van der Waals surface area contributed by atoms with E-state index < -0.39 is 0 Å². The van der Waals surface area contributed by atoms with E-state index in [1.165, 1.54) is 38.5 Å². The van der Waals surface area contributed by atoms with Crippen LogP contribution in [0.3, 0.4) is 0 Å². The molecule has 0 aromatic carbocycles. The second-order valence-corrected chi connectivity index (χ2v) is 7.84. The Bertz CT molecular complexity index is 583. The van der Waals surface area contributed by atoms with Crippen LogP contribution in [0.5, 0.6) is 0 Å². The lowest BCUT2D eigenvalue weighted by molar-refractivity contribution is -0.139. The maximum atomic E-state index is 13.0. The van der Waals surface area contributed by atoms with Crippen molar-refractivity contribution in [1.82, 2.24) is 15.0 Å². The van der Waals surface area contributed by atoms with Gasteiger partial charge in [0.1, 0.15) is 0 Å². The first-order valence-electron chi connectivity index (χ1n) is 9.69. The molecular formula is C19H29N3O2. The zero-order chi connectivity index (χ0) is 16.5. The Balaban J connectivity index is 1.43. The van der Waals surface area contributed by atoms with Crippen molar-refractivity contribution in [3.8, 4) is 0 Å². The molecule has 1 saturated carbocycles. The van der Waals surface area contributed by atoms with Gasteiger partial charge in [-0.25, -0.2) is 0 Å². The summed E-state index contributed by atoms with van der Waals surface area (Å²) in [5.41, 5.74) is 0.921. The molecule has 3 heterocycles. The van der Waals surface area contributed by atoms with Crippen molar-refractivity contribution in [2.75, 3.05) is 19.6 Å². The molecule has 1 aromatic rings. The molecule has 2 aliphatic heterocycles. The predicted molar refractivity (Wildman–Crippen MR) is 91.5 cm³/mol. The number of hydrogen-bond donors (Lipinski definition) is 0. The highest BCUT2D eigenvalue weighted by Crippen LogP contribution is 2.36. The summed E-state index contributed by atoms with van der Waals surface area (Å²) >= 11 is 0. The average Bonchev–Trinajstić information content (AvgIpc) is 3.23. The van der Waals surface area contributed by atoms with Gasteiger partial charge in [-0.15, -0.1) is 0 Å². The summed E-state index contributed by atoms with van der Waals surface area (Å²) in [6, 6.07) is 2.75. The van der Waals surface area contributed by atoms with Gasteiger partial charge < -0.3 is 9.42 Å². The maximum absolute atomic E-state index is 13.0. The smallest absolute Gasteiger partial charge is 0.237 e. The van der Waals surface area contributed by atoms with E-state index in [1.54, 1.807) is 0 Å². The molecule has 4 rings (SSSR count). The van der Waals surface area contributed by atoms with Gasteiger partial charge in [0, 0.05) is 18.7 Å². The Morgan fingerprint density at radius 1 is 1.17 bits per heavy atom. The molecule has 3 fully saturated rings. The lowest BCUT2D eigenvalue weighted by Crippen LogP contribution is -2.52. The highest BCUT2D eigenvalue weighted by molar-refractivity contribution is 5.79. The number of piperidine rings is 1. The Labute approximate surface area is 144 Å². The Morgan fingerprint density at radius 2 is 1.96 bits per heavy atom. The van der Waals surface area contributed by atoms with Gasteiger partial charge in [-0.3, -0.25) is 9.69 Å². The Hall–Kier alpha value is -1.36. The number of carbonyl (C=O) groups is 1. The van der Waals surface area contributed by atoms with Gasteiger partial charge in [-0.2, -0.15) is 0 Å². The fourth-order valence-electron chi connectivity index (χ4n) is 5.08. The topological polar surface area (TPSA) is 49.6 Å². The van der Waals surface area contributed by atoms with Gasteiger partial charge in [-0.1, -0.05) is 18.0 Å². The molecule has 0 N–H and O–H groups in total. The van der Waals surface area contributed by atoms with Crippen LogP contribution in [0.25, 0.3) is 0 Å². The number of aromatic nitrogens is 1. The van der Waals surface area contributed by atoms with Gasteiger partial charge in [0.15, 0.2) is 5.76 Å². The van der Waals surface area contributed by atoms with Crippen LogP contribution >= 0.6 is 0 Å². The molecule has 0 bridgehead atoms. The largest absolute Gasteiger partial charge is 0.359 e. The first kappa shape index (κ1) is 16.1. The van der Waals surface area contributed by atoms with E-state index in [9.17, 15) is 4.79 Å². The quantitative estimate of drug-likeness (QED) is 0.853. The van der Waals surface area contributed by atoms with Crippen LogP contribution in [0, 0.1) is 12.8 Å². The minimum absolute atomic E-state index is 0.224. The monoisotopic (exact) mass is 331 g/mol. The highest BCUT2D eigenvalue weighted by Gasteiger charge is 2.37. The average molecular weight is 331 g/mol. The van der Waals surface area contributed by atoms with Crippen LogP contribution in [-0.2, 0) is 4.79 Å². The zero-order valence-electron chi connectivity index (χ0n) is 14.7. The third-order valence-electron chi connectivity index (χ3n) is 6.24. The van der Waals surface area contributed by atoms with Crippen molar-refractivity contribution in [3.05, 3.63) is 17.5 Å². The van der Waals surface area contributed by atoms with Gasteiger partial charge in [0.2, 0.25) is 5.91 Å². The van der Waals surface area contributed by atoms with E-state index in [0.717, 1.165) is 43.3 Å². The molecule has 132 valence electrons. The van der Waals surface area contributed by atoms with Crippen LogP contribution in [0.2, 0.25) is 0 Å². The minimum Gasteiger partial charge on any atom is -0.359 e. The predicted octanol–water partition coefficient (Wildman–Crippen LogP) is 3.30. The minimum atomic E-state index is 0.224. The van der Waals surface area contributed by atoms with E-state index in [0.29, 0.717) is 18.5 Å². The van der Waals surface area contributed by atoms with Gasteiger partial charge in [0.05, 0.1) is 18.3 Å². The first-order chi connectivity index (χ1) is 11.7. The Kier molecular flexibility index (Phi) is 4.61. The molecule has 0 unspecified atom stereocenters. The summed E-state index contributed by atoms with van der Waals surface area (Å²) in [7, 11) is 0. The standard InChI is InChI=1S/C19H29N3O2/c1-14-12-18(24-20-14)17-9-5-10-21(17)13-19(23)22-11-4-7-15-6-2-3-8-16(15)22/h12,15-17H,2-11,13H2,1H3/t15-,16-,17+/m1/s1. The molecule has 5 nitrogen and oxygen atoms in total. The van der Waals surface area contributed by atoms with E-state index >= 15 is 0 Å². The molecule has 1 amide bonds. The summed E-state index contributed by atoms with van der Waals surface area (Å²) in [6.07, 6.45) is 9.85. The number of likely N-dealkylation sites (tertiary alicyclic amines) is 2. The summed E-state index contributed by atoms with van der Waals surface area (Å²) in [5.74, 6) is 2.00. The van der Waals surface area contributed by atoms with Gasteiger partial charge in [0.25, 0.3) is 0 Å². The zero-order valence-corrected chi connectivity index (χ0v) is 14.7. The van der Waals surface area contributed by atoms with Crippen LogP contribution in [0.15, 0.2) is 10.6 Å². The van der Waals surface area contributed by atoms with E-state index in [-0.39, 0.29) is 6.04 Å². The summed E-state index contributed by atoms with van der Waals surface area (Å²) < 4.78 is 5.47. The SMILES string of the molecule is Cc1cc([C@@H]2CCCN2CC(=O)N2CCC[C@H]3CCCC[C@H]32)on1. The van der Waals surface area contributed by atoms with Crippen LogP contribution in [0.4, 0.5) is 0 Å². The molecule has 24 heavy (non-hydrogen) atoms. The molecule has 2 saturated heterocycles. The number of rotatable bonds is 3. The number of amides is 1. The van der Waals surface area contributed by atoms with Crippen molar-refractivity contribution in [2.45, 2.75) is 70.4 Å². The lowest BCUT2D eigenvalue weighted by Gasteiger charge is -2.44. The first-order valence-corrected chi connectivity index (χ1v) is 9.69. The molecule has 3 aliphatic rings. The van der Waals surface area contributed by atoms with Crippen molar-refractivity contribution in [2.24, 2.45) is 5.92 Å². The van der Waals surface area contributed by atoms with Crippen molar-refractivity contribution >= 4 is 5.91 Å². The van der Waals surface area contributed by atoms with Crippen LogP contribution in [-0.4, -0.2) is 46.5 Å². The molecule has 1 aromatic heterocycles. The number of carbonyl (C=O) groups excluding carboxylic acids is 1. The molecule has 3 atom stereocenters. The fraction of sp³-hybridized carbons (Fsp3) is 0.789. The molecule has 0 radical (unpaired) electrons. The Morgan fingerprint density at radius 3 is 2.79 bits per heavy atom. The number of nitrogens with zero attached hydrogens (tertiary/aromatic N) is 3. The second kappa shape index (κ2) is 6.87. The van der Waals surface area contributed by atoms with E-state index in [4.69, 9.17) is 4.52 Å².